The summed E-state index contributed by atoms with van der Waals surface area (Å²) in [6, 6.07) is 7.71. The van der Waals surface area contributed by atoms with Crippen LogP contribution in [0.15, 0.2) is 24.3 Å². The fourth-order valence-corrected chi connectivity index (χ4v) is 2.00. The second-order valence-electron chi connectivity index (χ2n) is 2.93. The van der Waals surface area contributed by atoms with E-state index < -0.39 is 0 Å². The van der Waals surface area contributed by atoms with Crippen LogP contribution in [0.1, 0.15) is 0 Å². The number of anilines is 1. The Labute approximate surface area is 83.6 Å². The molecule has 4 nitrogen and oxygen atoms in total. The van der Waals surface area contributed by atoms with E-state index in [1.807, 2.05) is 24.3 Å². The number of hydrogen-bond donors (Lipinski definition) is 1. The maximum atomic E-state index is 5.66. The molecular formula is C9H6N4S. The zero-order valence-corrected chi connectivity index (χ0v) is 7.95. The minimum absolute atomic E-state index is 0.461. The van der Waals surface area contributed by atoms with Crippen LogP contribution in [-0.4, -0.2) is 14.3 Å². The first-order valence-corrected chi connectivity index (χ1v) is 4.89. The highest BCUT2D eigenvalue weighted by atomic mass is 32.1. The van der Waals surface area contributed by atoms with Crippen molar-refractivity contribution in [2.24, 2.45) is 0 Å². The van der Waals surface area contributed by atoms with Crippen molar-refractivity contribution >= 4 is 38.7 Å². The second kappa shape index (κ2) is 2.62. The standard InChI is InChI=1S/C9H6N4S/c10-8-7-9(14-13-8)12-6-4-2-1-3-5(6)11-7/h1-4H,(H2,10,13). The minimum Gasteiger partial charge on any atom is -0.381 e. The predicted octanol–water partition coefficient (Wildman–Crippen LogP) is 1.82. The van der Waals surface area contributed by atoms with E-state index in [4.69, 9.17) is 5.73 Å². The quantitative estimate of drug-likeness (QED) is 0.604. The Balaban J connectivity index is 2.54. The maximum absolute atomic E-state index is 5.66. The van der Waals surface area contributed by atoms with Gasteiger partial charge in [0.05, 0.1) is 11.0 Å². The number of hydrogen-bond acceptors (Lipinski definition) is 5. The Morgan fingerprint density at radius 1 is 1.07 bits per heavy atom. The van der Waals surface area contributed by atoms with Crippen molar-refractivity contribution in [3.63, 3.8) is 0 Å². The molecule has 2 N–H and O–H groups in total. The van der Waals surface area contributed by atoms with Gasteiger partial charge in [0.2, 0.25) is 0 Å². The largest absolute Gasteiger partial charge is 0.381 e. The smallest absolute Gasteiger partial charge is 0.165 e. The fraction of sp³-hybridized carbons (Fsp3) is 0. The van der Waals surface area contributed by atoms with Crippen molar-refractivity contribution in [2.75, 3.05) is 5.73 Å². The highest BCUT2D eigenvalue weighted by Crippen LogP contribution is 2.23. The third-order valence-electron chi connectivity index (χ3n) is 2.01. The van der Waals surface area contributed by atoms with Gasteiger partial charge < -0.3 is 5.73 Å². The molecule has 2 heterocycles. The SMILES string of the molecule is Nc1nsc2nc3ccccc3nc12. The summed E-state index contributed by atoms with van der Waals surface area (Å²) in [5, 5.41) is 0. The van der Waals surface area contributed by atoms with Crippen LogP contribution in [0.3, 0.4) is 0 Å². The van der Waals surface area contributed by atoms with E-state index in [9.17, 15) is 0 Å². The molecule has 0 aliphatic carbocycles. The highest BCUT2D eigenvalue weighted by Gasteiger charge is 2.06. The lowest BCUT2D eigenvalue weighted by atomic mass is 10.3. The van der Waals surface area contributed by atoms with Gasteiger partial charge >= 0.3 is 0 Å². The van der Waals surface area contributed by atoms with Crippen LogP contribution in [-0.2, 0) is 0 Å². The Morgan fingerprint density at radius 2 is 1.79 bits per heavy atom. The molecule has 68 valence electrons. The normalized spacial score (nSPS) is 11.1. The maximum Gasteiger partial charge on any atom is 0.165 e. The molecule has 0 aliphatic rings. The number of aromatic nitrogens is 3. The van der Waals surface area contributed by atoms with Gasteiger partial charge in [-0.1, -0.05) is 12.1 Å². The first kappa shape index (κ1) is 7.64. The first-order chi connectivity index (χ1) is 6.84. The molecule has 0 radical (unpaired) electrons. The van der Waals surface area contributed by atoms with Crippen LogP contribution in [0.5, 0.6) is 0 Å². The molecule has 5 heteroatoms. The molecule has 0 unspecified atom stereocenters. The number of para-hydroxylation sites is 2. The Bertz CT molecular complexity index is 616. The zero-order valence-electron chi connectivity index (χ0n) is 7.14. The molecule has 2 aromatic heterocycles. The molecular weight excluding hydrogens is 196 g/mol. The summed E-state index contributed by atoms with van der Waals surface area (Å²) in [5.74, 6) is 0.461. The summed E-state index contributed by atoms with van der Waals surface area (Å²) >= 11 is 1.28. The number of fused-ring (bicyclic) bond motifs is 2. The molecule has 3 aromatic rings. The summed E-state index contributed by atoms with van der Waals surface area (Å²) in [6.45, 7) is 0. The average Bonchev–Trinajstić information content (AvgIpc) is 2.57. The van der Waals surface area contributed by atoms with E-state index in [-0.39, 0.29) is 0 Å². The molecule has 0 amide bonds. The van der Waals surface area contributed by atoms with Crippen LogP contribution >= 0.6 is 11.5 Å². The summed E-state index contributed by atoms with van der Waals surface area (Å²) in [6.07, 6.45) is 0. The molecule has 0 saturated heterocycles. The zero-order chi connectivity index (χ0) is 9.54. The summed E-state index contributed by atoms with van der Waals surface area (Å²) < 4.78 is 4.01. The predicted molar refractivity (Wildman–Crippen MR) is 57.1 cm³/mol. The van der Waals surface area contributed by atoms with Gasteiger partial charge in [-0.3, -0.25) is 0 Å². The van der Waals surface area contributed by atoms with Gasteiger partial charge in [0, 0.05) is 0 Å². The van der Waals surface area contributed by atoms with E-state index in [1.165, 1.54) is 11.5 Å². The molecule has 0 bridgehead atoms. The molecule has 14 heavy (non-hydrogen) atoms. The van der Waals surface area contributed by atoms with Gasteiger partial charge in [0.25, 0.3) is 0 Å². The fourth-order valence-electron chi connectivity index (χ4n) is 1.35. The number of nitrogens with zero attached hydrogens (tertiary/aromatic N) is 3. The van der Waals surface area contributed by atoms with Crippen molar-refractivity contribution in [3.05, 3.63) is 24.3 Å². The van der Waals surface area contributed by atoms with Gasteiger partial charge in [0.15, 0.2) is 10.6 Å². The van der Waals surface area contributed by atoms with Gasteiger partial charge in [-0.05, 0) is 23.7 Å². The number of nitrogens with two attached hydrogens (primary N) is 1. The van der Waals surface area contributed by atoms with Crippen molar-refractivity contribution in [1.82, 2.24) is 14.3 Å². The van der Waals surface area contributed by atoms with Crippen molar-refractivity contribution in [1.29, 1.82) is 0 Å². The van der Waals surface area contributed by atoms with E-state index in [0.717, 1.165) is 15.9 Å². The second-order valence-corrected chi connectivity index (χ2v) is 3.69. The molecule has 0 spiro atoms. The minimum atomic E-state index is 0.461. The first-order valence-electron chi connectivity index (χ1n) is 4.12. The van der Waals surface area contributed by atoms with E-state index in [1.54, 1.807) is 0 Å². The Kier molecular flexibility index (Phi) is 1.43. The lowest BCUT2D eigenvalue weighted by Crippen LogP contribution is -1.88. The van der Waals surface area contributed by atoms with Gasteiger partial charge in [0.1, 0.15) is 5.52 Å². The third kappa shape index (κ3) is 0.958. The number of rotatable bonds is 0. The average molecular weight is 202 g/mol. The topological polar surface area (TPSA) is 64.7 Å². The van der Waals surface area contributed by atoms with Crippen LogP contribution < -0.4 is 5.73 Å². The summed E-state index contributed by atoms with van der Waals surface area (Å²) in [5.41, 5.74) is 8.10. The Hall–Kier alpha value is -1.75. The molecule has 3 rings (SSSR count). The highest BCUT2D eigenvalue weighted by molar-refractivity contribution is 7.13. The third-order valence-corrected chi connectivity index (χ3v) is 2.76. The summed E-state index contributed by atoms with van der Waals surface area (Å²) in [7, 11) is 0. The molecule has 1 aromatic carbocycles. The monoisotopic (exact) mass is 202 g/mol. The molecule has 0 atom stereocenters. The van der Waals surface area contributed by atoms with Gasteiger partial charge in [-0.25, -0.2) is 9.97 Å². The van der Waals surface area contributed by atoms with Crippen LogP contribution in [0.2, 0.25) is 0 Å². The lowest BCUT2D eigenvalue weighted by Gasteiger charge is -1.95. The molecule has 0 fully saturated rings. The number of benzene rings is 1. The van der Waals surface area contributed by atoms with Crippen molar-refractivity contribution < 1.29 is 0 Å². The van der Waals surface area contributed by atoms with Crippen molar-refractivity contribution in [2.45, 2.75) is 0 Å². The van der Waals surface area contributed by atoms with E-state index in [2.05, 4.69) is 14.3 Å². The number of nitrogen functional groups attached to an aromatic ring is 1. The van der Waals surface area contributed by atoms with Gasteiger partial charge in [-0.15, -0.1) is 0 Å². The van der Waals surface area contributed by atoms with Crippen LogP contribution in [0.25, 0.3) is 21.4 Å². The molecule has 0 saturated carbocycles. The molecule has 0 aliphatic heterocycles. The lowest BCUT2D eigenvalue weighted by molar-refractivity contribution is 1.41. The van der Waals surface area contributed by atoms with Crippen molar-refractivity contribution in [3.8, 4) is 0 Å². The van der Waals surface area contributed by atoms with E-state index >= 15 is 0 Å². The van der Waals surface area contributed by atoms with Crippen LogP contribution in [0, 0.1) is 0 Å². The summed E-state index contributed by atoms with van der Waals surface area (Å²) in [4.78, 5) is 9.60. The van der Waals surface area contributed by atoms with Crippen LogP contribution in [0.4, 0.5) is 5.82 Å². The van der Waals surface area contributed by atoms with E-state index in [0.29, 0.717) is 11.3 Å². The Morgan fingerprint density at radius 3 is 2.57 bits per heavy atom. The van der Waals surface area contributed by atoms with Gasteiger partial charge in [-0.2, -0.15) is 4.37 Å².